The summed E-state index contributed by atoms with van der Waals surface area (Å²) in [5.41, 5.74) is 0. The molecule has 0 rings (SSSR count). The van der Waals surface area contributed by atoms with E-state index >= 15 is 0 Å². The number of hydrogen-bond acceptors (Lipinski definition) is 1. The minimum Gasteiger partial charge on any atom is -0.295 e. The van der Waals surface area contributed by atoms with Crippen molar-refractivity contribution in [3.63, 3.8) is 0 Å². The van der Waals surface area contributed by atoms with Crippen LogP contribution in [0.2, 0.25) is 0 Å². The summed E-state index contributed by atoms with van der Waals surface area (Å²) in [5, 5.41) is 3.09. The normalized spacial score (nSPS) is 11.1. The van der Waals surface area contributed by atoms with Gasteiger partial charge in [0.05, 0.1) is 14.1 Å². The Labute approximate surface area is 86.3 Å². The lowest BCUT2D eigenvalue weighted by Gasteiger charge is -1.98. The van der Waals surface area contributed by atoms with Crippen molar-refractivity contribution in [2.24, 2.45) is 0 Å². The van der Waals surface area contributed by atoms with Crippen LogP contribution in [0.25, 0.3) is 0 Å². The van der Waals surface area contributed by atoms with Crippen LogP contribution in [0.3, 0.4) is 0 Å². The highest BCUT2D eigenvalue weighted by molar-refractivity contribution is 5.88. The van der Waals surface area contributed by atoms with Gasteiger partial charge in [-0.2, -0.15) is 0 Å². The smallest absolute Gasteiger partial charge is 0.242 e. The third-order valence-corrected chi connectivity index (χ3v) is 2.18. The van der Waals surface area contributed by atoms with Crippen LogP contribution in [0.5, 0.6) is 0 Å². The molecule has 0 atom stereocenters. The maximum absolute atomic E-state index is 10.9. The van der Waals surface area contributed by atoms with Crippen molar-refractivity contribution < 1.29 is 9.79 Å². The summed E-state index contributed by atoms with van der Waals surface area (Å²) in [4.78, 5) is 14.0. The monoisotopic (exact) mass is 197 g/mol. The molecule has 0 amide bonds. The van der Waals surface area contributed by atoms with E-state index in [2.05, 4.69) is 16.9 Å². The summed E-state index contributed by atoms with van der Waals surface area (Å²) in [6.45, 7) is 3.44. The molecule has 0 aliphatic carbocycles. The predicted molar refractivity (Wildman–Crippen MR) is 59.2 cm³/mol. The number of allylic oxidation sites excluding steroid dienone is 1. The average Bonchev–Trinajstić information content (AvgIpc) is 2.23. The van der Waals surface area contributed by atoms with E-state index in [0.29, 0.717) is 6.42 Å². The van der Waals surface area contributed by atoms with E-state index in [0.717, 1.165) is 31.5 Å². The highest BCUT2D eigenvalue weighted by Crippen LogP contribution is 2.03. The summed E-state index contributed by atoms with van der Waals surface area (Å²) >= 11 is 0. The molecule has 0 unspecified atom stereocenters. The third kappa shape index (κ3) is 6.40. The van der Waals surface area contributed by atoms with Crippen LogP contribution in [-0.2, 0) is 4.79 Å². The number of hydrogen-bond donors (Lipinski definition) is 2. The molecule has 0 radical (unpaired) electrons. The zero-order valence-corrected chi connectivity index (χ0v) is 9.23. The molecule has 0 saturated carbocycles. The Morgan fingerprint density at radius 3 is 2.50 bits per heavy atom. The Morgan fingerprint density at radius 1 is 1.36 bits per heavy atom. The van der Waals surface area contributed by atoms with Gasteiger partial charge in [-0.25, -0.2) is 0 Å². The third-order valence-electron chi connectivity index (χ3n) is 2.18. The van der Waals surface area contributed by atoms with Gasteiger partial charge < -0.3 is 0 Å². The standard InChI is InChI=1S/C11H20N2O/c1-4-10(14)8-6-5-7-9-11(12-2)13-3/h4H,1,5-9H2,2-3H3,(H,12,13)/p+1. The zero-order chi connectivity index (χ0) is 10.8. The lowest BCUT2D eigenvalue weighted by atomic mass is 10.1. The molecular formula is C11H21N2O+. The number of amidine groups is 1. The van der Waals surface area contributed by atoms with E-state index < -0.39 is 0 Å². The maximum atomic E-state index is 10.9. The predicted octanol–water partition coefficient (Wildman–Crippen LogP) is 0.0203. The fourth-order valence-electron chi connectivity index (χ4n) is 1.25. The molecule has 0 aliphatic heterocycles. The van der Waals surface area contributed by atoms with Gasteiger partial charge in [-0.1, -0.05) is 13.0 Å². The first kappa shape index (κ1) is 12.9. The quantitative estimate of drug-likeness (QED) is 0.261. The van der Waals surface area contributed by atoms with Gasteiger partial charge in [0.15, 0.2) is 5.78 Å². The maximum Gasteiger partial charge on any atom is 0.242 e. The Hall–Kier alpha value is -1.12. The van der Waals surface area contributed by atoms with Gasteiger partial charge in [-0.3, -0.25) is 15.1 Å². The zero-order valence-electron chi connectivity index (χ0n) is 9.23. The van der Waals surface area contributed by atoms with Gasteiger partial charge in [-0.15, -0.1) is 0 Å². The van der Waals surface area contributed by atoms with Crippen molar-refractivity contribution in [2.45, 2.75) is 32.1 Å². The molecular weight excluding hydrogens is 176 g/mol. The number of nitrogens with one attached hydrogen (secondary N) is 2. The van der Waals surface area contributed by atoms with Crippen molar-refractivity contribution >= 4 is 11.6 Å². The molecule has 2 N–H and O–H groups in total. The van der Waals surface area contributed by atoms with Crippen molar-refractivity contribution in [1.82, 2.24) is 5.32 Å². The first-order valence-electron chi connectivity index (χ1n) is 5.11. The average molecular weight is 197 g/mol. The summed E-state index contributed by atoms with van der Waals surface area (Å²) in [6, 6.07) is 0. The van der Waals surface area contributed by atoms with E-state index in [9.17, 15) is 4.79 Å². The molecule has 0 fully saturated rings. The van der Waals surface area contributed by atoms with Crippen molar-refractivity contribution in [3.05, 3.63) is 12.7 Å². The molecule has 0 heterocycles. The fourth-order valence-corrected chi connectivity index (χ4v) is 1.25. The Morgan fingerprint density at radius 2 is 2.00 bits per heavy atom. The van der Waals surface area contributed by atoms with Gasteiger partial charge in [-0.05, 0) is 18.9 Å². The first-order valence-corrected chi connectivity index (χ1v) is 5.11. The van der Waals surface area contributed by atoms with E-state index in [1.807, 2.05) is 14.1 Å². The van der Waals surface area contributed by atoms with Gasteiger partial charge in [0.2, 0.25) is 5.84 Å². The summed E-state index contributed by atoms with van der Waals surface area (Å²) in [6.07, 6.45) is 6.23. The van der Waals surface area contributed by atoms with Crippen LogP contribution in [0, 0.1) is 0 Å². The van der Waals surface area contributed by atoms with Gasteiger partial charge >= 0.3 is 0 Å². The minimum atomic E-state index is 0.149. The van der Waals surface area contributed by atoms with Gasteiger partial charge in [0.25, 0.3) is 0 Å². The molecule has 80 valence electrons. The first-order chi connectivity index (χ1) is 6.74. The van der Waals surface area contributed by atoms with E-state index in [-0.39, 0.29) is 5.78 Å². The van der Waals surface area contributed by atoms with E-state index in [1.54, 1.807) is 0 Å². The molecule has 3 nitrogen and oxygen atoms in total. The highest BCUT2D eigenvalue weighted by Gasteiger charge is 2.01. The van der Waals surface area contributed by atoms with Crippen LogP contribution in [-0.4, -0.2) is 25.7 Å². The number of rotatable bonds is 7. The Kier molecular flexibility index (Phi) is 7.80. The Balaban J connectivity index is 3.38. The number of ketones is 1. The van der Waals surface area contributed by atoms with E-state index in [1.165, 1.54) is 6.08 Å². The second kappa shape index (κ2) is 8.48. The fraction of sp³-hybridized carbons (Fsp3) is 0.636. The summed E-state index contributed by atoms with van der Waals surface area (Å²) in [5.74, 6) is 1.30. The number of carbonyl (C=O) groups is 1. The lowest BCUT2D eigenvalue weighted by molar-refractivity contribution is -0.423. The van der Waals surface area contributed by atoms with Crippen LogP contribution in [0.4, 0.5) is 0 Å². The topological polar surface area (TPSA) is 43.1 Å². The molecule has 0 bridgehead atoms. The van der Waals surface area contributed by atoms with Crippen molar-refractivity contribution in [1.29, 1.82) is 0 Å². The van der Waals surface area contributed by atoms with Crippen LogP contribution < -0.4 is 10.3 Å². The number of carbonyl (C=O) groups excluding carboxylic acids is 1. The molecule has 14 heavy (non-hydrogen) atoms. The second-order valence-corrected chi connectivity index (χ2v) is 3.21. The molecule has 0 aromatic heterocycles. The minimum absolute atomic E-state index is 0.149. The summed E-state index contributed by atoms with van der Waals surface area (Å²) < 4.78 is 0. The molecule has 0 spiro atoms. The van der Waals surface area contributed by atoms with Gasteiger partial charge in [0, 0.05) is 12.8 Å². The second-order valence-electron chi connectivity index (χ2n) is 3.21. The Bertz CT molecular complexity index is 209. The molecule has 0 aromatic rings. The summed E-state index contributed by atoms with van der Waals surface area (Å²) in [7, 11) is 3.82. The highest BCUT2D eigenvalue weighted by atomic mass is 16.1. The molecule has 3 heteroatoms. The van der Waals surface area contributed by atoms with Crippen LogP contribution in [0.1, 0.15) is 32.1 Å². The van der Waals surface area contributed by atoms with Crippen molar-refractivity contribution in [3.8, 4) is 0 Å². The van der Waals surface area contributed by atoms with Crippen LogP contribution in [0.15, 0.2) is 12.7 Å². The van der Waals surface area contributed by atoms with Crippen molar-refractivity contribution in [2.75, 3.05) is 14.1 Å². The number of unbranched alkanes of at least 4 members (excludes halogenated alkanes) is 2. The molecule has 0 aromatic carbocycles. The largest absolute Gasteiger partial charge is 0.295 e. The van der Waals surface area contributed by atoms with Crippen LogP contribution >= 0.6 is 0 Å². The molecule has 0 saturated heterocycles. The van der Waals surface area contributed by atoms with E-state index in [4.69, 9.17) is 0 Å². The van der Waals surface area contributed by atoms with Gasteiger partial charge in [0.1, 0.15) is 0 Å². The lowest BCUT2D eigenvalue weighted by Crippen LogP contribution is -2.71. The SMILES string of the molecule is C=CC(=O)CCCCCC(NC)=[NH+]C. The molecule has 0 aliphatic rings.